The summed E-state index contributed by atoms with van der Waals surface area (Å²) in [5, 5.41) is 3.41. The molecule has 2 amide bonds. The van der Waals surface area contributed by atoms with Crippen LogP contribution in [-0.2, 0) is 11.0 Å². The summed E-state index contributed by atoms with van der Waals surface area (Å²) < 4.78 is 52.6. The maximum atomic E-state index is 13.7. The first-order valence-corrected chi connectivity index (χ1v) is 11.3. The normalized spacial score (nSPS) is 20.5. The van der Waals surface area contributed by atoms with Gasteiger partial charge in [-0.3, -0.25) is 9.59 Å². The smallest absolute Gasteiger partial charge is 0.338 e. The molecule has 0 bridgehead atoms. The number of nitrogens with one attached hydrogen (secondary N) is 1. The van der Waals surface area contributed by atoms with Gasteiger partial charge in [0.15, 0.2) is 0 Å². The molecule has 34 heavy (non-hydrogen) atoms. The molecular weight excluding hydrogens is 474 g/mol. The van der Waals surface area contributed by atoms with E-state index in [1.54, 1.807) is 12.1 Å². The van der Waals surface area contributed by atoms with Gasteiger partial charge in [-0.25, -0.2) is 4.39 Å². The van der Waals surface area contributed by atoms with Gasteiger partial charge in [0.2, 0.25) is 5.91 Å². The van der Waals surface area contributed by atoms with Gasteiger partial charge < -0.3 is 15.1 Å². The minimum atomic E-state index is -4.73. The molecule has 0 aliphatic carbocycles. The lowest BCUT2D eigenvalue weighted by Gasteiger charge is -2.22. The Morgan fingerprint density at radius 1 is 1.06 bits per heavy atom. The molecule has 2 fully saturated rings. The van der Waals surface area contributed by atoms with Gasteiger partial charge in [0.05, 0.1) is 5.56 Å². The standard InChI is InChI=1S/C24H24ClF4N3O2/c1-14-2-3-20(9-21(14)25)30-22(33)4-5-31-10-16-12-32(13-17(16)11-31)23(34)15-6-18(24(27,28)29)8-19(26)7-15/h2-3,6-9,16-17H,4-5,10-13H2,1H3,(H,30,33). The summed E-state index contributed by atoms with van der Waals surface area (Å²) >= 11 is 6.08. The molecule has 1 N–H and O–H groups in total. The van der Waals surface area contributed by atoms with Crippen molar-refractivity contribution in [1.29, 1.82) is 0 Å². The van der Waals surface area contributed by atoms with Gasteiger partial charge >= 0.3 is 6.18 Å². The maximum absolute atomic E-state index is 13.7. The van der Waals surface area contributed by atoms with Crippen molar-refractivity contribution in [1.82, 2.24) is 9.80 Å². The lowest BCUT2D eigenvalue weighted by molar-refractivity contribution is -0.137. The van der Waals surface area contributed by atoms with Gasteiger partial charge in [-0.1, -0.05) is 17.7 Å². The number of likely N-dealkylation sites (tertiary alicyclic amines) is 2. The highest BCUT2D eigenvalue weighted by molar-refractivity contribution is 6.31. The van der Waals surface area contributed by atoms with Gasteiger partial charge in [0.25, 0.3) is 5.91 Å². The summed E-state index contributed by atoms with van der Waals surface area (Å²) in [5.41, 5.74) is 0.0951. The molecule has 2 saturated heterocycles. The molecule has 5 nitrogen and oxygen atoms in total. The molecule has 2 aromatic rings. The van der Waals surface area contributed by atoms with Crippen molar-refractivity contribution in [3.05, 3.63) is 63.9 Å². The number of benzene rings is 2. The average molecular weight is 498 g/mol. The van der Waals surface area contributed by atoms with Crippen LogP contribution in [-0.4, -0.2) is 54.3 Å². The molecule has 0 spiro atoms. The number of hydrogen-bond donors (Lipinski definition) is 1. The zero-order valence-electron chi connectivity index (χ0n) is 18.5. The third kappa shape index (κ3) is 5.52. The fourth-order valence-corrected chi connectivity index (χ4v) is 4.83. The second kappa shape index (κ2) is 9.54. The Morgan fingerprint density at radius 3 is 2.35 bits per heavy atom. The number of aryl methyl sites for hydroxylation is 1. The number of amides is 2. The Hall–Kier alpha value is -2.65. The van der Waals surface area contributed by atoms with Gasteiger partial charge in [-0.15, -0.1) is 0 Å². The number of fused-ring (bicyclic) bond motifs is 1. The van der Waals surface area contributed by atoms with Crippen LogP contribution in [0.5, 0.6) is 0 Å². The predicted molar refractivity (Wildman–Crippen MR) is 120 cm³/mol. The Kier molecular flexibility index (Phi) is 6.87. The maximum Gasteiger partial charge on any atom is 0.416 e. The lowest BCUT2D eigenvalue weighted by atomic mass is 10.0. The highest BCUT2D eigenvalue weighted by Crippen LogP contribution is 2.34. The van der Waals surface area contributed by atoms with Crippen LogP contribution in [0.3, 0.4) is 0 Å². The molecule has 2 aliphatic rings. The van der Waals surface area contributed by atoms with Gasteiger partial charge in [0.1, 0.15) is 5.82 Å². The van der Waals surface area contributed by atoms with E-state index in [1.165, 1.54) is 4.90 Å². The predicted octanol–water partition coefficient (Wildman–Crippen LogP) is 4.84. The summed E-state index contributed by atoms with van der Waals surface area (Å²) in [6.45, 7) is 4.61. The van der Waals surface area contributed by atoms with Crippen LogP contribution in [0.15, 0.2) is 36.4 Å². The van der Waals surface area contributed by atoms with Crippen LogP contribution in [0.25, 0.3) is 0 Å². The van der Waals surface area contributed by atoms with Crippen molar-refractivity contribution in [2.24, 2.45) is 11.8 Å². The van der Waals surface area contributed by atoms with Crippen LogP contribution < -0.4 is 5.32 Å². The number of halogens is 5. The lowest BCUT2D eigenvalue weighted by Crippen LogP contribution is -2.34. The quantitative estimate of drug-likeness (QED) is 0.602. The van der Waals surface area contributed by atoms with E-state index in [2.05, 4.69) is 10.2 Å². The van der Waals surface area contributed by atoms with E-state index in [0.717, 1.165) is 11.6 Å². The highest BCUT2D eigenvalue weighted by Gasteiger charge is 2.42. The summed E-state index contributed by atoms with van der Waals surface area (Å²) in [6.07, 6.45) is -4.42. The molecule has 2 atom stereocenters. The van der Waals surface area contributed by atoms with Crippen molar-refractivity contribution < 1.29 is 27.2 Å². The van der Waals surface area contributed by atoms with E-state index in [9.17, 15) is 27.2 Å². The van der Waals surface area contributed by atoms with E-state index in [0.29, 0.717) is 62.0 Å². The number of alkyl halides is 3. The Morgan fingerprint density at radius 2 is 1.74 bits per heavy atom. The third-order valence-electron chi connectivity index (χ3n) is 6.43. The summed E-state index contributed by atoms with van der Waals surface area (Å²) in [4.78, 5) is 28.7. The molecule has 0 aromatic heterocycles. The van der Waals surface area contributed by atoms with Crippen LogP contribution >= 0.6 is 11.6 Å². The largest absolute Gasteiger partial charge is 0.416 e. The molecule has 2 aliphatic heterocycles. The minimum absolute atomic E-state index is 0.125. The van der Waals surface area contributed by atoms with E-state index in [1.807, 2.05) is 13.0 Å². The summed E-state index contributed by atoms with van der Waals surface area (Å²) in [7, 11) is 0. The first-order chi connectivity index (χ1) is 16.0. The molecule has 2 heterocycles. The Balaban J connectivity index is 1.28. The summed E-state index contributed by atoms with van der Waals surface area (Å²) in [6, 6.07) is 7.26. The number of carbonyl (C=O) groups is 2. The third-order valence-corrected chi connectivity index (χ3v) is 6.84. The first kappa shape index (κ1) is 24.5. The van der Waals surface area contributed by atoms with E-state index in [-0.39, 0.29) is 23.3 Å². The highest BCUT2D eigenvalue weighted by atomic mass is 35.5. The van der Waals surface area contributed by atoms with Crippen molar-refractivity contribution in [2.45, 2.75) is 19.5 Å². The van der Waals surface area contributed by atoms with Crippen molar-refractivity contribution >= 4 is 29.1 Å². The number of nitrogens with zero attached hydrogens (tertiary/aromatic N) is 2. The monoisotopic (exact) mass is 497 g/mol. The molecule has 10 heteroatoms. The van der Waals surface area contributed by atoms with Gasteiger partial charge in [0, 0.05) is 55.4 Å². The van der Waals surface area contributed by atoms with Crippen LogP contribution in [0.2, 0.25) is 5.02 Å². The van der Waals surface area contributed by atoms with Crippen molar-refractivity contribution in [3.63, 3.8) is 0 Å². The van der Waals surface area contributed by atoms with Gasteiger partial charge in [-0.05, 0) is 54.7 Å². The zero-order chi connectivity index (χ0) is 24.6. The number of rotatable bonds is 5. The van der Waals surface area contributed by atoms with E-state index >= 15 is 0 Å². The van der Waals surface area contributed by atoms with Gasteiger partial charge in [-0.2, -0.15) is 13.2 Å². The number of carbonyl (C=O) groups excluding carboxylic acids is 2. The SMILES string of the molecule is Cc1ccc(NC(=O)CCN2CC3CN(C(=O)c4cc(F)cc(C(F)(F)F)c4)CC3C2)cc1Cl. The molecule has 2 unspecified atom stereocenters. The fourth-order valence-electron chi connectivity index (χ4n) is 4.65. The molecule has 0 radical (unpaired) electrons. The van der Waals surface area contributed by atoms with Crippen molar-refractivity contribution in [3.8, 4) is 0 Å². The second-order valence-electron chi connectivity index (χ2n) is 8.98. The molecular formula is C24H24ClF4N3O2. The van der Waals surface area contributed by atoms with Crippen LogP contribution in [0, 0.1) is 24.6 Å². The second-order valence-corrected chi connectivity index (χ2v) is 9.39. The Bertz CT molecular complexity index is 1090. The zero-order valence-corrected chi connectivity index (χ0v) is 19.2. The van der Waals surface area contributed by atoms with Crippen LogP contribution in [0.4, 0.5) is 23.2 Å². The van der Waals surface area contributed by atoms with E-state index < -0.39 is 23.5 Å². The van der Waals surface area contributed by atoms with Crippen LogP contribution in [0.1, 0.15) is 27.9 Å². The topological polar surface area (TPSA) is 52.7 Å². The fraction of sp³-hybridized carbons (Fsp3) is 0.417. The number of anilines is 1. The molecule has 182 valence electrons. The van der Waals surface area contributed by atoms with E-state index in [4.69, 9.17) is 11.6 Å². The number of hydrogen-bond acceptors (Lipinski definition) is 3. The summed E-state index contributed by atoms with van der Waals surface area (Å²) in [5.74, 6) is -1.48. The average Bonchev–Trinajstić information content (AvgIpc) is 3.32. The first-order valence-electron chi connectivity index (χ1n) is 10.9. The molecule has 2 aromatic carbocycles. The molecule has 4 rings (SSSR count). The van der Waals surface area contributed by atoms with Crippen molar-refractivity contribution in [2.75, 3.05) is 38.0 Å². The Labute approximate surface area is 199 Å². The molecule has 0 saturated carbocycles. The minimum Gasteiger partial charge on any atom is -0.338 e.